The van der Waals surface area contributed by atoms with E-state index in [9.17, 15) is 4.79 Å². The van der Waals surface area contributed by atoms with Gasteiger partial charge in [0.25, 0.3) is 0 Å². The monoisotopic (exact) mass is 485 g/mol. The number of likely N-dealkylation sites (tertiary alicyclic amines) is 1. The Morgan fingerprint density at radius 2 is 1.36 bits per heavy atom. The summed E-state index contributed by atoms with van der Waals surface area (Å²) in [5.74, 6) is 2.98. The number of rotatable bonds is 8. The maximum Gasteiger partial charge on any atom is 0.171 e. The van der Waals surface area contributed by atoms with E-state index in [1.807, 2.05) is 54.6 Å². The highest BCUT2D eigenvalue weighted by Gasteiger charge is 2.41. The number of Topliss-reactive ketones (excluding diaryl/α,β-unsaturated/α-hetero) is 1. The quantitative estimate of drug-likeness (QED) is 0.396. The van der Waals surface area contributed by atoms with Crippen LogP contribution < -0.4 is 14.2 Å². The summed E-state index contributed by atoms with van der Waals surface area (Å²) in [5, 5.41) is 0. The van der Waals surface area contributed by atoms with Crippen molar-refractivity contribution in [2.75, 3.05) is 40.5 Å². The first-order chi connectivity index (χ1) is 17.6. The van der Waals surface area contributed by atoms with E-state index in [-0.39, 0.29) is 17.6 Å². The van der Waals surface area contributed by atoms with Crippen molar-refractivity contribution in [3.8, 4) is 17.2 Å². The zero-order valence-electron chi connectivity index (χ0n) is 21.4. The van der Waals surface area contributed by atoms with Gasteiger partial charge in [-0.3, -0.25) is 9.69 Å². The highest BCUT2D eigenvalue weighted by atomic mass is 16.5. The molecule has 2 atom stereocenters. The van der Waals surface area contributed by atoms with Crippen LogP contribution in [0, 0.1) is 5.92 Å². The average Bonchev–Trinajstić information content (AvgIpc) is 3.21. The van der Waals surface area contributed by atoms with Gasteiger partial charge in [-0.15, -0.1) is 0 Å². The Balaban J connectivity index is 1.37. The summed E-state index contributed by atoms with van der Waals surface area (Å²) in [6, 6.07) is 21.9. The standard InChI is InChI=1S/C31H35NO4/c1-21-14-16-32(17-15-21)18-19-36-25-10-6-22(7-11-25)29-28-20-26(35-3)12-13-27(28)31(33)30(29)23-4-8-24(34-2)9-5-23/h4-13,20-21,29-30H,14-19H2,1-3H3/t29-,30+/m1/s1. The molecule has 0 saturated carbocycles. The molecule has 1 fully saturated rings. The second-order valence-corrected chi connectivity index (χ2v) is 9.99. The number of ketones is 1. The number of benzene rings is 3. The Bertz CT molecular complexity index is 1180. The predicted octanol–water partition coefficient (Wildman–Crippen LogP) is 5.93. The first-order valence-electron chi connectivity index (χ1n) is 12.9. The Kier molecular flexibility index (Phi) is 7.28. The molecule has 188 valence electrons. The fraction of sp³-hybridized carbons (Fsp3) is 0.387. The number of methoxy groups -OCH3 is 2. The Morgan fingerprint density at radius 1 is 0.778 bits per heavy atom. The van der Waals surface area contributed by atoms with Crippen LogP contribution in [0.25, 0.3) is 0 Å². The molecular weight excluding hydrogens is 450 g/mol. The summed E-state index contributed by atoms with van der Waals surface area (Å²) in [7, 11) is 3.31. The molecule has 3 aromatic carbocycles. The summed E-state index contributed by atoms with van der Waals surface area (Å²) < 4.78 is 16.9. The zero-order valence-corrected chi connectivity index (χ0v) is 21.4. The third-order valence-electron chi connectivity index (χ3n) is 7.74. The van der Waals surface area contributed by atoms with Crippen LogP contribution in [0.1, 0.15) is 58.6 Å². The van der Waals surface area contributed by atoms with Crippen molar-refractivity contribution in [3.63, 3.8) is 0 Å². The molecule has 5 heteroatoms. The van der Waals surface area contributed by atoms with Crippen LogP contribution in [0.2, 0.25) is 0 Å². The fourth-order valence-electron chi connectivity index (χ4n) is 5.52. The third-order valence-corrected chi connectivity index (χ3v) is 7.74. The average molecular weight is 486 g/mol. The largest absolute Gasteiger partial charge is 0.497 e. The van der Waals surface area contributed by atoms with Gasteiger partial charge in [0.1, 0.15) is 23.9 Å². The van der Waals surface area contributed by atoms with Crippen LogP contribution in [-0.2, 0) is 0 Å². The second-order valence-electron chi connectivity index (χ2n) is 9.99. The molecule has 1 saturated heterocycles. The van der Waals surface area contributed by atoms with Gasteiger partial charge in [0, 0.05) is 18.0 Å². The van der Waals surface area contributed by atoms with Crippen molar-refractivity contribution in [2.45, 2.75) is 31.6 Å². The van der Waals surface area contributed by atoms with Crippen LogP contribution >= 0.6 is 0 Å². The van der Waals surface area contributed by atoms with Gasteiger partial charge >= 0.3 is 0 Å². The molecule has 0 N–H and O–H groups in total. The van der Waals surface area contributed by atoms with Crippen molar-refractivity contribution in [1.82, 2.24) is 4.90 Å². The highest BCUT2D eigenvalue weighted by molar-refractivity contribution is 6.07. The fourth-order valence-corrected chi connectivity index (χ4v) is 5.52. The number of hydrogen-bond donors (Lipinski definition) is 0. The van der Waals surface area contributed by atoms with E-state index in [2.05, 4.69) is 24.0 Å². The highest BCUT2D eigenvalue weighted by Crippen LogP contribution is 2.49. The van der Waals surface area contributed by atoms with Crippen molar-refractivity contribution in [2.24, 2.45) is 5.92 Å². The third kappa shape index (κ3) is 4.98. The number of carbonyl (C=O) groups is 1. The normalized spacial score (nSPS) is 20.2. The maximum atomic E-state index is 13.6. The molecule has 1 aliphatic carbocycles. The van der Waals surface area contributed by atoms with E-state index in [1.165, 1.54) is 12.8 Å². The number of ether oxygens (including phenoxy) is 3. The number of hydrogen-bond acceptors (Lipinski definition) is 5. The molecule has 5 nitrogen and oxygen atoms in total. The summed E-state index contributed by atoms with van der Waals surface area (Å²) in [6.45, 7) is 6.30. The van der Waals surface area contributed by atoms with Gasteiger partial charge in [-0.05, 0) is 91.0 Å². The van der Waals surface area contributed by atoms with Gasteiger partial charge in [-0.25, -0.2) is 0 Å². The van der Waals surface area contributed by atoms with E-state index in [0.717, 1.165) is 65.1 Å². The Morgan fingerprint density at radius 3 is 2.00 bits per heavy atom. The van der Waals surface area contributed by atoms with Crippen molar-refractivity contribution in [3.05, 3.63) is 89.0 Å². The molecule has 0 spiro atoms. The van der Waals surface area contributed by atoms with E-state index < -0.39 is 0 Å². The minimum absolute atomic E-state index is 0.0969. The van der Waals surface area contributed by atoms with Gasteiger partial charge in [0.15, 0.2) is 5.78 Å². The van der Waals surface area contributed by atoms with Crippen molar-refractivity contribution < 1.29 is 19.0 Å². The minimum Gasteiger partial charge on any atom is -0.497 e. The summed E-state index contributed by atoms with van der Waals surface area (Å²) in [5.41, 5.74) is 3.84. The van der Waals surface area contributed by atoms with Gasteiger partial charge in [-0.1, -0.05) is 31.2 Å². The smallest absolute Gasteiger partial charge is 0.171 e. The first kappa shape index (κ1) is 24.4. The van der Waals surface area contributed by atoms with E-state index in [1.54, 1.807) is 14.2 Å². The molecule has 5 rings (SSSR count). The molecule has 0 aromatic heterocycles. The zero-order chi connectivity index (χ0) is 25.1. The number of fused-ring (bicyclic) bond motifs is 1. The lowest BCUT2D eigenvalue weighted by molar-refractivity contribution is 0.0968. The number of piperidine rings is 1. The van der Waals surface area contributed by atoms with Gasteiger partial charge in [-0.2, -0.15) is 0 Å². The lowest BCUT2D eigenvalue weighted by Crippen LogP contribution is -2.35. The van der Waals surface area contributed by atoms with Crippen LogP contribution in [-0.4, -0.2) is 51.1 Å². The summed E-state index contributed by atoms with van der Waals surface area (Å²) in [6.07, 6.45) is 2.55. The van der Waals surface area contributed by atoms with Gasteiger partial charge in [0.05, 0.1) is 20.1 Å². The molecule has 1 heterocycles. The molecule has 3 aromatic rings. The van der Waals surface area contributed by atoms with Crippen molar-refractivity contribution >= 4 is 5.78 Å². The van der Waals surface area contributed by atoms with E-state index in [4.69, 9.17) is 14.2 Å². The summed E-state index contributed by atoms with van der Waals surface area (Å²) in [4.78, 5) is 16.1. The van der Waals surface area contributed by atoms with Crippen LogP contribution in [0.5, 0.6) is 17.2 Å². The molecule has 2 aliphatic rings. The Labute approximate surface area is 214 Å². The van der Waals surface area contributed by atoms with Gasteiger partial charge < -0.3 is 14.2 Å². The van der Waals surface area contributed by atoms with Gasteiger partial charge in [0.2, 0.25) is 0 Å². The lowest BCUT2D eigenvalue weighted by atomic mass is 9.81. The predicted molar refractivity (Wildman–Crippen MR) is 142 cm³/mol. The van der Waals surface area contributed by atoms with Crippen LogP contribution in [0.4, 0.5) is 0 Å². The van der Waals surface area contributed by atoms with Crippen LogP contribution in [0.3, 0.4) is 0 Å². The minimum atomic E-state index is -0.300. The van der Waals surface area contributed by atoms with E-state index in [0.29, 0.717) is 6.61 Å². The second kappa shape index (κ2) is 10.8. The number of carbonyl (C=O) groups excluding carboxylic acids is 1. The van der Waals surface area contributed by atoms with Crippen molar-refractivity contribution in [1.29, 1.82) is 0 Å². The molecule has 36 heavy (non-hydrogen) atoms. The SMILES string of the molecule is COc1ccc([C@@H]2C(=O)c3ccc(OC)cc3[C@H]2c2ccc(OCCN3CCC(C)CC3)cc2)cc1. The molecule has 1 aliphatic heterocycles. The molecule has 0 bridgehead atoms. The summed E-state index contributed by atoms with van der Waals surface area (Å²) >= 11 is 0. The maximum absolute atomic E-state index is 13.6. The first-order valence-corrected chi connectivity index (χ1v) is 12.9. The molecular formula is C31H35NO4. The van der Waals surface area contributed by atoms with E-state index >= 15 is 0 Å². The topological polar surface area (TPSA) is 48.0 Å². The van der Waals surface area contributed by atoms with Crippen LogP contribution in [0.15, 0.2) is 66.7 Å². The molecule has 0 unspecified atom stereocenters. The Hall–Kier alpha value is -3.31. The molecule has 0 amide bonds. The lowest BCUT2D eigenvalue weighted by Gasteiger charge is -2.29. The molecule has 0 radical (unpaired) electrons. The number of nitrogens with zero attached hydrogens (tertiary/aromatic N) is 1.